The van der Waals surface area contributed by atoms with Crippen LogP contribution in [0.4, 0.5) is 0 Å². The van der Waals surface area contributed by atoms with E-state index in [1.807, 2.05) is 72.2 Å². The molecule has 4 aromatic rings. The van der Waals surface area contributed by atoms with E-state index in [0.717, 1.165) is 22.3 Å². The van der Waals surface area contributed by atoms with Crippen molar-refractivity contribution < 1.29 is 14.3 Å². The smallest absolute Gasteiger partial charge is 0.250 e. The molecule has 36 heavy (non-hydrogen) atoms. The second-order valence-corrected chi connectivity index (χ2v) is 8.63. The Hall–Kier alpha value is -4.11. The van der Waals surface area contributed by atoms with Crippen molar-refractivity contribution in [2.45, 2.75) is 18.6 Å². The number of amides is 1. The number of thioether (sulfide) groups is 1. The lowest BCUT2D eigenvalue weighted by Gasteiger charge is -2.10. The second kappa shape index (κ2) is 12.0. The molecule has 1 amide bonds. The van der Waals surface area contributed by atoms with Crippen molar-refractivity contribution in [2.75, 3.05) is 20.0 Å². The number of benzene rings is 3. The SMILES string of the molecule is CCn1c(SCC(=O)N/N=C\c2ccc(-c3ccccc3)cc2)nnc1-c1ccc(OC)c(OC)c1. The van der Waals surface area contributed by atoms with Crippen LogP contribution in [0.5, 0.6) is 11.5 Å². The summed E-state index contributed by atoms with van der Waals surface area (Å²) in [7, 11) is 3.19. The molecule has 0 aliphatic heterocycles. The number of ether oxygens (including phenoxy) is 2. The summed E-state index contributed by atoms with van der Waals surface area (Å²) >= 11 is 1.31. The molecule has 1 N–H and O–H groups in total. The summed E-state index contributed by atoms with van der Waals surface area (Å²) in [6.07, 6.45) is 1.63. The van der Waals surface area contributed by atoms with E-state index in [1.54, 1.807) is 20.4 Å². The predicted octanol–water partition coefficient (Wildman–Crippen LogP) is 4.89. The Labute approximate surface area is 214 Å². The Morgan fingerprint density at radius 3 is 2.33 bits per heavy atom. The molecule has 0 saturated heterocycles. The summed E-state index contributed by atoms with van der Waals surface area (Å²) in [5.41, 5.74) is 6.60. The summed E-state index contributed by atoms with van der Waals surface area (Å²) in [4.78, 5) is 12.3. The maximum absolute atomic E-state index is 12.3. The van der Waals surface area contributed by atoms with Gasteiger partial charge >= 0.3 is 0 Å². The molecule has 3 aromatic carbocycles. The zero-order valence-corrected chi connectivity index (χ0v) is 21.2. The van der Waals surface area contributed by atoms with Crippen LogP contribution in [0.2, 0.25) is 0 Å². The quantitative estimate of drug-likeness (QED) is 0.189. The van der Waals surface area contributed by atoms with Gasteiger partial charge in [-0.15, -0.1) is 10.2 Å². The topological polar surface area (TPSA) is 90.6 Å². The molecule has 0 aliphatic rings. The van der Waals surface area contributed by atoms with Crippen LogP contribution in [0.25, 0.3) is 22.5 Å². The fourth-order valence-corrected chi connectivity index (χ4v) is 4.40. The number of hydrazone groups is 1. The zero-order valence-electron chi connectivity index (χ0n) is 20.3. The van der Waals surface area contributed by atoms with E-state index in [4.69, 9.17) is 9.47 Å². The molecule has 0 aliphatic carbocycles. The highest BCUT2D eigenvalue weighted by Gasteiger charge is 2.16. The summed E-state index contributed by atoms with van der Waals surface area (Å²) in [6.45, 7) is 2.66. The van der Waals surface area contributed by atoms with Crippen molar-refractivity contribution >= 4 is 23.9 Å². The number of hydrogen-bond acceptors (Lipinski definition) is 7. The van der Waals surface area contributed by atoms with Gasteiger partial charge in [0.2, 0.25) is 0 Å². The van der Waals surface area contributed by atoms with E-state index < -0.39 is 0 Å². The number of carbonyl (C=O) groups excluding carboxylic acids is 1. The first kappa shape index (κ1) is 25.0. The third-order valence-electron chi connectivity index (χ3n) is 5.43. The van der Waals surface area contributed by atoms with Gasteiger partial charge in [-0.25, -0.2) is 5.43 Å². The third-order valence-corrected chi connectivity index (χ3v) is 6.39. The van der Waals surface area contributed by atoms with E-state index in [9.17, 15) is 4.79 Å². The fourth-order valence-electron chi connectivity index (χ4n) is 3.60. The average molecular weight is 502 g/mol. The molecular weight excluding hydrogens is 474 g/mol. The average Bonchev–Trinajstić information content (AvgIpc) is 3.35. The van der Waals surface area contributed by atoms with Gasteiger partial charge in [0, 0.05) is 12.1 Å². The standard InChI is InChI=1S/C27H27N5O3S/c1-4-32-26(22-14-15-23(34-2)24(16-22)35-3)30-31-27(32)36-18-25(33)29-28-17-19-10-12-21(13-11-19)20-8-6-5-7-9-20/h5-17H,4,18H2,1-3H3,(H,29,33)/b28-17-. The van der Waals surface area contributed by atoms with Gasteiger partial charge in [-0.05, 0) is 41.8 Å². The number of carbonyl (C=O) groups is 1. The highest BCUT2D eigenvalue weighted by atomic mass is 32.2. The highest BCUT2D eigenvalue weighted by Crippen LogP contribution is 2.32. The first-order valence-corrected chi connectivity index (χ1v) is 12.4. The van der Waals surface area contributed by atoms with Crippen molar-refractivity contribution in [3.8, 4) is 34.0 Å². The summed E-state index contributed by atoms with van der Waals surface area (Å²) in [5.74, 6) is 1.88. The van der Waals surface area contributed by atoms with Crippen molar-refractivity contribution in [1.29, 1.82) is 0 Å². The Bertz CT molecular complexity index is 1340. The van der Waals surface area contributed by atoms with Gasteiger partial charge in [0.1, 0.15) is 0 Å². The Kier molecular flexibility index (Phi) is 8.36. The second-order valence-electron chi connectivity index (χ2n) is 7.69. The summed E-state index contributed by atoms with van der Waals surface area (Å²) < 4.78 is 12.7. The molecule has 1 heterocycles. The maximum atomic E-state index is 12.3. The van der Waals surface area contributed by atoms with Crippen LogP contribution in [0.15, 0.2) is 83.1 Å². The van der Waals surface area contributed by atoms with Crippen LogP contribution in [0, 0.1) is 0 Å². The number of nitrogens with one attached hydrogen (secondary N) is 1. The third kappa shape index (κ3) is 5.92. The molecule has 0 bridgehead atoms. The molecule has 0 atom stereocenters. The minimum atomic E-state index is -0.226. The van der Waals surface area contributed by atoms with Crippen molar-refractivity contribution in [2.24, 2.45) is 5.10 Å². The first-order chi connectivity index (χ1) is 17.6. The molecule has 8 nitrogen and oxygen atoms in total. The van der Waals surface area contributed by atoms with Crippen LogP contribution in [0.1, 0.15) is 12.5 Å². The van der Waals surface area contributed by atoms with Crippen molar-refractivity contribution in [3.63, 3.8) is 0 Å². The van der Waals surface area contributed by atoms with Crippen LogP contribution in [-0.2, 0) is 11.3 Å². The molecule has 4 rings (SSSR count). The van der Waals surface area contributed by atoms with Crippen LogP contribution < -0.4 is 14.9 Å². The Morgan fingerprint density at radius 2 is 1.64 bits per heavy atom. The van der Waals surface area contributed by atoms with Gasteiger partial charge in [-0.2, -0.15) is 5.10 Å². The van der Waals surface area contributed by atoms with Crippen LogP contribution in [0.3, 0.4) is 0 Å². The van der Waals surface area contributed by atoms with Gasteiger partial charge in [0.25, 0.3) is 5.91 Å². The number of rotatable bonds is 10. The normalized spacial score (nSPS) is 11.0. The highest BCUT2D eigenvalue weighted by molar-refractivity contribution is 7.99. The molecule has 0 saturated carbocycles. The number of hydrogen-bond donors (Lipinski definition) is 1. The first-order valence-electron chi connectivity index (χ1n) is 11.4. The van der Waals surface area contributed by atoms with Gasteiger partial charge in [-0.1, -0.05) is 66.4 Å². The molecule has 1 aromatic heterocycles. The van der Waals surface area contributed by atoms with Gasteiger partial charge in [-0.3, -0.25) is 4.79 Å². The zero-order chi connectivity index (χ0) is 25.3. The van der Waals surface area contributed by atoms with Gasteiger partial charge in [0.15, 0.2) is 22.5 Å². The van der Waals surface area contributed by atoms with Crippen molar-refractivity contribution in [1.82, 2.24) is 20.2 Å². The Balaban J connectivity index is 1.34. The number of nitrogens with zero attached hydrogens (tertiary/aromatic N) is 4. The van der Waals surface area contributed by atoms with Crippen molar-refractivity contribution in [3.05, 3.63) is 78.4 Å². The van der Waals surface area contributed by atoms with E-state index in [2.05, 4.69) is 32.9 Å². The van der Waals surface area contributed by atoms with E-state index in [1.165, 1.54) is 11.8 Å². The van der Waals surface area contributed by atoms with Gasteiger partial charge in [0.05, 0.1) is 26.2 Å². The molecule has 0 fully saturated rings. The predicted molar refractivity (Wildman–Crippen MR) is 143 cm³/mol. The minimum absolute atomic E-state index is 0.161. The lowest BCUT2D eigenvalue weighted by Crippen LogP contribution is -2.20. The molecule has 0 radical (unpaired) electrons. The maximum Gasteiger partial charge on any atom is 0.250 e. The minimum Gasteiger partial charge on any atom is -0.493 e. The molecule has 0 spiro atoms. The van der Waals surface area contributed by atoms with Crippen LogP contribution >= 0.6 is 11.8 Å². The largest absolute Gasteiger partial charge is 0.493 e. The Morgan fingerprint density at radius 1 is 0.944 bits per heavy atom. The molecule has 9 heteroatoms. The molecule has 0 unspecified atom stereocenters. The van der Waals surface area contributed by atoms with E-state index in [-0.39, 0.29) is 11.7 Å². The molecular formula is C27H27N5O3S. The summed E-state index contributed by atoms with van der Waals surface area (Å²) in [6, 6.07) is 23.7. The van der Waals surface area contributed by atoms with Crippen LogP contribution in [-0.4, -0.2) is 46.9 Å². The fraction of sp³-hybridized carbons (Fsp3) is 0.185. The van der Waals surface area contributed by atoms with E-state index in [0.29, 0.717) is 29.0 Å². The number of methoxy groups -OCH3 is 2. The monoisotopic (exact) mass is 501 g/mol. The summed E-state index contributed by atoms with van der Waals surface area (Å²) in [5, 5.41) is 13.3. The lowest BCUT2D eigenvalue weighted by atomic mass is 10.0. The number of aromatic nitrogens is 3. The van der Waals surface area contributed by atoms with E-state index >= 15 is 0 Å². The van der Waals surface area contributed by atoms with Gasteiger partial charge < -0.3 is 14.0 Å². The molecule has 184 valence electrons. The lowest BCUT2D eigenvalue weighted by molar-refractivity contribution is -0.118.